The first kappa shape index (κ1) is 21.6. The fourth-order valence-corrected chi connectivity index (χ4v) is 3.40. The summed E-state index contributed by atoms with van der Waals surface area (Å²) in [4.78, 5) is 25.0. The molecular weight excluding hydrogens is 457 g/mol. The summed E-state index contributed by atoms with van der Waals surface area (Å²) in [6.45, 7) is 0. The molecule has 0 radical (unpaired) electrons. The van der Waals surface area contributed by atoms with Gasteiger partial charge in [-0.3, -0.25) is 14.7 Å². The largest absolute Gasteiger partial charge is 0.416 e. The molecule has 4 aromatic rings. The molecule has 0 aliphatic heterocycles. The SMILES string of the molecule is O=C(Nc1cccc2c(=O)[nH]n(-c3cc(F)ccc3Cl)c12)c1cc(F)cc(C(F)(F)F)c1. The number of aromatic amines is 1. The Morgan fingerprint density at radius 3 is 2.47 bits per heavy atom. The van der Waals surface area contributed by atoms with E-state index in [0.717, 1.165) is 16.8 Å². The highest BCUT2D eigenvalue weighted by atomic mass is 35.5. The molecule has 2 N–H and O–H groups in total. The minimum absolute atomic E-state index is 0.00370. The fraction of sp³-hybridized carbons (Fsp3) is 0.0476. The molecule has 1 aromatic heterocycles. The number of halogens is 6. The van der Waals surface area contributed by atoms with Crippen LogP contribution in [0.15, 0.2) is 59.4 Å². The Kier molecular flexibility index (Phi) is 5.25. The summed E-state index contributed by atoms with van der Waals surface area (Å²) >= 11 is 6.13. The van der Waals surface area contributed by atoms with Crippen molar-refractivity contribution in [2.75, 3.05) is 5.32 Å². The highest BCUT2D eigenvalue weighted by Crippen LogP contribution is 2.31. The van der Waals surface area contributed by atoms with Crippen LogP contribution in [0.2, 0.25) is 5.02 Å². The van der Waals surface area contributed by atoms with Gasteiger partial charge in [-0.2, -0.15) is 13.2 Å². The normalized spacial score (nSPS) is 11.7. The number of hydrogen-bond donors (Lipinski definition) is 2. The summed E-state index contributed by atoms with van der Waals surface area (Å²) in [5.74, 6) is -2.94. The van der Waals surface area contributed by atoms with Crippen LogP contribution in [0.25, 0.3) is 16.6 Å². The second kappa shape index (κ2) is 7.79. The number of carbonyl (C=O) groups is 1. The molecular formula is C21H11ClF5N3O2. The van der Waals surface area contributed by atoms with E-state index in [0.29, 0.717) is 12.1 Å². The second-order valence-electron chi connectivity index (χ2n) is 6.75. The number of para-hydroxylation sites is 1. The standard InChI is InChI=1S/C21H11ClF5N3O2/c22-15-5-4-12(23)9-17(15)30-18-14(20(32)29-30)2-1-3-16(18)28-19(31)10-6-11(21(25,26)27)8-13(24)7-10/h1-9H,(H,28,31)(H,29,32). The van der Waals surface area contributed by atoms with Gasteiger partial charge < -0.3 is 5.32 Å². The van der Waals surface area contributed by atoms with E-state index in [-0.39, 0.29) is 33.4 Å². The minimum Gasteiger partial charge on any atom is -0.320 e. The molecule has 0 saturated heterocycles. The number of nitrogens with zero attached hydrogens (tertiary/aromatic N) is 1. The van der Waals surface area contributed by atoms with E-state index in [1.54, 1.807) is 0 Å². The van der Waals surface area contributed by atoms with Gasteiger partial charge in [-0.1, -0.05) is 17.7 Å². The Morgan fingerprint density at radius 2 is 1.75 bits per heavy atom. The van der Waals surface area contributed by atoms with Crippen molar-refractivity contribution in [3.05, 3.63) is 92.7 Å². The topological polar surface area (TPSA) is 66.9 Å². The van der Waals surface area contributed by atoms with Gasteiger partial charge in [0.15, 0.2) is 0 Å². The van der Waals surface area contributed by atoms with Crippen LogP contribution >= 0.6 is 11.6 Å². The van der Waals surface area contributed by atoms with Crippen molar-refractivity contribution in [3.63, 3.8) is 0 Å². The second-order valence-corrected chi connectivity index (χ2v) is 7.16. The van der Waals surface area contributed by atoms with E-state index in [1.165, 1.54) is 24.3 Å². The van der Waals surface area contributed by atoms with E-state index in [9.17, 15) is 31.5 Å². The van der Waals surface area contributed by atoms with Gasteiger partial charge in [-0.15, -0.1) is 0 Å². The van der Waals surface area contributed by atoms with Crippen molar-refractivity contribution < 1.29 is 26.7 Å². The summed E-state index contributed by atoms with van der Waals surface area (Å²) in [6.07, 6.45) is -4.85. The predicted octanol–water partition coefficient (Wildman–Crippen LogP) is 5.52. The van der Waals surface area contributed by atoms with Gasteiger partial charge in [-0.25, -0.2) is 13.5 Å². The van der Waals surface area contributed by atoms with E-state index < -0.39 is 40.4 Å². The fourth-order valence-electron chi connectivity index (χ4n) is 3.20. The Morgan fingerprint density at radius 1 is 1.00 bits per heavy atom. The van der Waals surface area contributed by atoms with Crippen molar-refractivity contribution in [1.82, 2.24) is 9.78 Å². The number of nitrogens with one attached hydrogen (secondary N) is 2. The van der Waals surface area contributed by atoms with Gasteiger partial charge >= 0.3 is 6.18 Å². The quantitative estimate of drug-likeness (QED) is 0.390. The lowest BCUT2D eigenvalue weighted by Gasteiger charge is -2.13. The van der Waals surface area contributed by atoms with E-state index >= 15 is 0 Å². The molecule has 5 nitrogen and oxygen atoms in total. The highest BCUT2D eigenvalue weighted by molar-refractivity contribution is 6.32. The summed E-state index contributed by atoms with van der Waals surface area (Å²) in [7, 11) is 0. The molecule has 0 bridgehead atoms. The van der Waals surface area contributed by atoms with E-state index in [2.05, 4.69) is 10.4 Å². The zero-order valence-electron chi connectivity index (χ0n) is 15.7. The first-order chi connectivity index (χ1) is 15.0. The molecule has 1 heterocycles. The molecule has 0 aliphatic carbocycles. The van der Waals surface area contributed by atoms with Gasteiger partial charge in [0, 0.05) is 11.6 Å². The number of aromatic nitrogens is 2. The zero-order valence-corrected chi connectivity index (χ0v) is 16.5. The molecule has 0 aliphatic rings. The smallest absolute Gasteiger partial charge is 0.320 e. The van der Waals surface area contributed by atoms with Crippen molar-refractivity contribution in [2.45, 2.75) is 6.18 Å². The average molecular weight is 468 g/mol. The lowest BCUT2D eigenvalue weighted by atomic mass is 10.1. The maximum atomic E-state index is 13.8. The molecule has 0 spiro atoms. The molecule has 0 saturated carbocycles. The highest BCUT2D eigenvalue weighted by Gasteiger charge is 2.32. The number of alkyl halides is 3. The van der Waals surface area contributed by atoms with Crippen LogP contribution < -0.4 is 10.9 Å². The third-order valence-corrected chi connectivity index (χ3v) is 4.92. The third kappa shape index (κ3) is 3.96. The molecule has 1 amide bonds. The van der Waals surface area contributed by atoms with Gasteiger partial charge in [0.05, 0.1) is 32.9 Å². The van der Waals surface area contributed by atoms with Crippen LogP contribution in [0.3, 0.4) is 0 Å². The third-order valence-electron chi connectivity index (χ3n) is 4.60. The number of hydrogen-bond acceptors (Lipinski definition) is 2. The van der Waals surface area contributed by atoms with Crippen LogP contribution in [0.4, 0.5) is 27.6 Å². The number of H-pyrrole nitrogens is 1. The minimum atomic E-state index is -4.85. The molecule has 0 unspecified atom stereocenters. The van der Waals surface area contributed by atoms with Crippen molar-refractivity contribution in [3.8, 4) is 5.69 Å². The summed E-state index contributed by atoms with van der Waals surface area (Å²) in [6, 6.07) is 9.09. The number of anilines is 1. The summed E-state index contributed by atoms with van der Waals surface area (Å²) in [5, 5.41) is 5.03. The monoisotopic (exact) mass is 467 g/mol. The number of rotatable bonds is 3. The number of carbonyl (C=O) groups excluding carboxylic acids is 1. The van der Waals surface area contributed by atoms with Crippen LogP contribution in [0.5, 0.6) is 0 Å². The Labute approximate surface area is 181 Å². The van der Waals surface area contributed by atoms with Crippen molar-refractivity contribution in [2.24, 2.45) is 0 Å². The predicted molar refractivity (Wildman–Crippen MR) is 108 cm³/mol. The maximum Gasteiger partial charge on any atom is 0.416 e. The van der Waals surface area contributed by atoms with Crippen LogP contribution in [-0.2, 0) is 6.18 Å². The first-order valence-corrected chi connectivity index (χ1v) is 9.31. The van der Waals surface area contributed by atoms with E-state index in [1.807, 2.05) is 0 Å². The lowest BCUT2D eigenvalue weighted by Crippen LogP contribution is -2.15. The number of benzene rings is 3. The van der Waals surface area contributed by atoms with Crippen LogP contribution in [0, 0.1) is 11.6 Å². The maximum absolute atomic E-state index is 13.8. The average Bonchev–Trinajstić information content (AvgIpc) is 3.06. The molecule has 4 rings (SSSR count). The molecule has 3 aromatic carbocycles. The van der Waals surface area contributed by atoms with Crippen LogP contribution in [0.1, 0.15) is 15.9 Å². The number of fused-ring (bicyclic) bond motifs is 1. The molecule has 0 fully saturated rings. The van der Waals surface area contributed by atoms with Crippen LogP contribution in [-0.4, -0.2) is 15.7 Å². The Bertz CT molecular complexity index is 1430. The lowest BCUT2D eigenvalue weighted by molar-refractivity contribution is -0.137. The molecule has 32 heavy (non-hydrogen) atoms. The molecule has 164 valence electrons. The molecule has 11 heteroatoms. The Hall–Kier alpha value is -3.66. The first-order valence-electron chi connectivity index (χ1n) is 8.93. The Balaban J connectivity index is 1.83. The zero-order chi connectivity index (χ0) is 23.2. The van der Waals surface area contributed by atoms with Crippen molar-refractivity contribution >= 4 is 34.1 Å². The van der Waals surface area contributed by atoms with Gasteiger partial charge in [-0.05, 0) is 42.5 Å². The molecule has 0 atom stereocenters. The van der Waals surface area contributed by atoms with Crippen molar-refractivity contribution in [1.29, 1.82) is 0 Å². The summed E-state index contributed by atoms with van der Waals surface area (Å²) < 4.78 is 67.6. The van der Waals surface area contributed by atoms with Gasteiger partial charge in [0.1, 0.15) is 11.6 Å². The van der Waals surface area contributed by atoms with Gasteiger partial charge in [0.25, 0.3) is 11.5 Å². The summed E-state index contributed by atoms with van der Waals surface area (Å²) in [5.41, 5.74) is -2.34. The van der Waals surface area contributed by atoms with E-state index in [4.69, 9.17) is 11.6 Å². The van der Waals surface area contributed by atoms with Gasteiger partial charge in [0.2, 0.25) is 0 Å². The number of amides is 1.